The largest absolute Gasteiger partial charge is 0.316 e. The fourth-order valence-electron chi connectivity index (χ4n) is 2.32. The van der Waals surface area contributed by atoms with Crippen molar-refractivity contribution in [1.82, 2.24) is 14.8 Å². The van der Waals surface area contributed by atoms with Crippen molar-refractivity contribution in [3.63, 3.8) is 0 Å². The quantitative estimate of drug-likeness (QED) is 0.479. The number of nitrogens with zero attached hydrogens (tertiary/aromatic N) is 4. The van der Waals surface area contributed by atoms with Crippen molar-refractivity contribution >= 4 is 51.7 Å². The maximum atomic E-state index is 12.4. The van der Waals surface area contributed by atoms with Gasteiger partial charge in [0, 0.05) is 16.9 Å². The Labute approximate surface area is 169 Å². The van der Waals surface area contributed by atoms with E-state index in [2.05, 4.69) is 15.5 Å². The van der Waals surface area contributed by atoms with Crippen LogP contribution in [0.2, 0.25) is 10.0 Å². The predicted octanol–water partition coefficient (Wildman–Crippen LogP) is 4.74. The summed E-state index contributed by atoms with van der Waals surface area (Å²) in [6.07, 6.45) is 4.00. The molecule has 27 heavy (non-hydrogen) atoms. The first-order valence-electron chi connectivity index (χ1n) is 7.90. The van der Waals surface area contributed by atoms with Gasteiger partial charge in [-0.1, -0.05) is 41.5 Å². The molecule has 2 heterocycles. The van der Waals surface area contributed by atoms with E-state index in [1.165, 1.54) is 17.4 Å². The first-order valence-corrected chi connectivity index (χ1v) is 9.47. The molecule has 0 fully saturated rings. The summed E-state index contributed by atoms with van der Waals surface area (Å²) in [7, 11) is 0. The van der Waals surface area contributed by atoms with Crippen LogP contribution in [-0.4, -0.2) is 20.7 Å². The van der Waals surface area contributed by atoms with Crippen molar-refractivity contribution in [2.24, 2.45) is 0 Å². The van der Waals surface area contributed by atoms with Gasteiger partial charge < -0.3 is 4.57 Å². The van der Waals surface area contributed by atoms with Crippen LogP contribution in [0.15, 0.2) is 42.1 Å². The Morgan fingerprint density at radius 3 is 2.85 bits per heavy atom. The first-order chi connectivity index (χ1) is 13.0. The molecule has 6 nitrogen and oxygen atoms in total. The third kappa shape index (κ3) is 4.37. The SMILES string of the molecule is CCc1nnc(NC(=O)/C(C#N)=C\c2cccn2-c2ccc(Cl)cc2Cl)s1. The molecule has 1 N–H and O–H groups in total. The normalized spacial score (nSPS) is 11.3. The van der Waals surface area contributed by atoms with Gasteiger partial charge in [0.15, 0.2) is 0 Å². The minimum absolute atomic E-state index is 0.0618. The lowest BCUT2D eigenvalue weighted by Crippen LogP contribution is -2.13. The smallest absolute Gasteiger partial charge is 0.268 e. The third-order valence-corrected chi connectivity index (χ3v) is 5.12. The molecule has 3 rings (SSSR count). The Morgan fingerprint density at radius 1 is 1.37 bits per heavy atom. The van der Waals surface area contributed by atoms with Crippen LogP contribution in [0.1, 0.15) is 17.6 Å². The lowest BCUT2D eigenvalue weighted by Gasteiger charge is -2.09. The Balaban J connectivity index is 1.89. The van der Waals surface area contributed by atoms with Gasteiger partial charge in [-0.05, 0) is 42.8 Å². The number of hydrogen-bond donors (Lipinski definition) is 1. The summed E-state index contributed by atoms with van der Waals surface area (Å²) in [6.45, 7) is 1.95. The maximum absolute atomic E-state index is 12.4. The average molecular weight is 418 g/mol. The van der Waals surface area contributed by atoms with Gasteiger partial charge in [0.2, 0.25) is 5.13 Å². The third-order valence-electron chi connectivity index (χ3n) is 3.60. The predicted molar refractivity (Wildman–Crippen MR) is 107 cm³/mol. The number of amides is 1. The number of anilines is 1. The van der Waals surface area contributed by atoms with Gasteiger partial charge in [0.1, 0.15) is 16.6 Å². The van der Waals surface area contributed by atoms with E-state index < -0.39 is 5.91 Å². The van der Waals surface area contributed by atoms with Crippen LogP contribution in [0.3, 0.4) is 0 Å². The topological polar surface area (TPSA) is 83.6 Å². The van der Waals surface area contributed by atoms with Crippen molar-refractivity contribution in [1.29, 1.82) is 5.26 Å². The number of nitrogens with one attached hydrogen (secondary N) is 1. The zero-order valence-corrected chi connectivity index (χ0v) is 16.4. The molecular weight excluding hydrogens is 405 g/mol. The molecule has 136 valence electrons. The molecule has 0 atom stereocenters. The molecule has 1 aromatic carbocycles. The molecule has 9 heteroatoms. The molecular formula is C18H13Cl2N5OS. The van der Waals surface area contributed by atoms with Crippen LogP contribution in [0.25, 0.3) is 11.8 Å². The van der Waals surface area contributed by atoms with Crippen molar-refractivity contribution in [2.45, 2.75) is 13.3 Å². The van der Waals surface area contributed by atoms with Crippen LogP contribution >= 0.6 is 34.5 Å². The molecule has 0 saturated heterocycles. The molecule has 0 aliphatic heterocycles. The monoisotopic (exact) mass is 417 g/mol. The highest BCUT2D eigenvalue weighted by molar-refractivity contribution is 7.15. The highest BCUT2D eigenvalue weighted by Crippen LogP contribution is 2.26. The van der Waals surface area contributed by atoms with E-state index in [-0.39, 0.29) is 5.57 Å². The summed E-state index contributed by atoms with van der Waals surface area (Å²) in [5, 5.41) is 22.0. The van der Waals surface area contributed by atoms with Crippen molar-refractivity contribution in [2.75, 3.05) is 5.32 Å². The Morgan fingerprint density at radius 2 is 2.19 bits per heavy atom. The van der Waals surface area contributed by atoms with Gasteiger partial charge in [-0.25, -0.2) is 0 Å². The fraction of sp³-hybridized carbons (Fsp3) is 0.111. The number of halogens is 2. The van der Waals surface area contributed by atoms with Gasteiger partial charge in [-0.2, -0.15) is 5.26 Å². The second-order valence-electron chi connectivity index (χ2n) is 5.38. The number of aryl methyl sites for hydroxylation is 1. The van der Waals surface area contributed by atoms with E-state index in [0.717, 1.165) is 11.4 Å². The van der Waals surface area contributed by atoms with E-state index >= 15 is 0 Å². The summed E-state index contributed by atoms with van der Waals surface area (Å²) in [5.41, 5.74) is 1.25. The van der Waals surface area contributed by atoms with E-state index in [1.807, 2.05) is 13.0 Å². The summed E-state index contributed by atoms with van der Waals surface area (Å²) in [5.74, 6) is -0.550. The standard InChI is InChI=1S/C18H13Cl2N5OS/c1-2-16-23-24-18(27-16)22-17(26)11(10-21)8-13-4-3-7-25(13)15-6-5-12(19)9-14(15)20/h3-9H,2H2,1H3,(H,22,24,26)/b11-8-. The molecule has 0 aliphatic carbocycles. The molecule has 3 aromatic rings. The van der Waals surface area contributed by atoms with E-state index in [1.54, 1.807) is 41.1 Å². The minimum Gasteiger partial charge on any atom is -0.316 e. The summed E-state index contributed by atoms with van der Waals surface area (Å²) in [6, 6.07) is 10.6. The summed E-state index contributed by atoms with van der Waals surface area (Å²) >= 11 is 13.5. The van der Waals surface area contributed by atoms with Crippen molar-refractivity contribution < 1.29 is 4.79 Å². The summed E-state index contributed by atoms with van der Waals surface area (Å²) < 4.78 is 1.77. The lowest BCUT2D eigenvalue weighted by atomic mass is 10.2. The zero-order valence-electron chi connectivity index (χ0n) is 14.1. The van der Waals surface area contributed by atoms with E-state index in [4.69, 9.17) is 23.2 Å². The molecule has 0 unspecified atom stereocenters. The summed E-state index contributed by atoms with van der Waals surface area (Å²) in [4.78, 5) is 12.4. The van der Waals surface area contributed by atoms with Crippen LogP contribution in [0, 0.1) is 11.3 Å². The van der Waals surface area contributed by atoms with Crippen LogP contribution in [0.4, 0.5) is 5.13 Å². The Bertz CT molecular complexity index is 1060. The van der Waals surface area contributed by atoms with Crippen molar-refractivity contribution in [3.05, 3.63) is 62.8 Å². The van der Waals surface area contributed by atoms with Gasteiger partial charge in [0.05, 0.1) is 10.7 Å². The number of carbonyl (C=O) groups is 1. The molecule has 0 radical (unpaired) electrons. The van der Waals surface area contributed by atoms with Gasteiger partial charge >= 0.3 is 0 Å². The fourth-order valence-corrected chi connectivity index (χ4v) is 3.49. The minimum atomic E-state index is -0.550. The van der Waals surface area contributed by atoms with Crippen LogP contribution in [-0.2, 0) is 11.2 Å². The maximum Gasteiger partial charge on any atom is 0.268 e. The molecule has 2 aromatic heterocycles. The number of rotatable bonds is 5. The Hall–Kier alpha value is -2.66. The number of hydrogen-bond acceptors (Lipinski definition) is 5. The zero-order chi connectivity index (χ0) is 19.4. The van der Waals surface area contributed by atoms with Crippen LogP contribution in [0.5, 0.6) is 0 Å². The number of aromatic nitrogens is 3. The average Bonchev–Trinajstić information content (AvgIpc) is 3.28. The highest BCUT2D eigenvalue weighted by atomic mass is 35.5. The number of nitriles is 1. The van der Waals surface area contributed by atoms with E-state index in [0.29, 0.717) is 26.6 Å². The highest BCUT2D eigenvalue weighted by Gasteiger charge is 2.14. The van der Waals surface area contributed by atoms with Gasteiger partial charge in [0.25, 0.3) is 5.91 Å². The molecule has 1 amide bonds. The van der Waals surface area contributed by atoms with Gasteiger partial charge in [-0.3, -0.25) is 10.1 Å². The van der Waals surface area contributed by atoms with Crippen molar-refractivity contribution in [3.8, 4) is 11.8 Å². The molecule has 0 aliphatic rings. The number of benzene rings is 1. The first kappa shape index (κ1) is 19.1. The second-order valence-corrected chi connectivity index (χ2v) is 7.28. The molecule has 0 saturated carbocycles. The lowest BCUT2D eigenvalue weighted by molar-refractivity contribution is -0.112. The van der Waals surface area contributed by atoms with E-state index in [9.17, 15) is 10.1 Å². The Kier molecular flexibility index (Phi) is 5.91. The van der Waals surface area contributed by atoms with Crippen LogP contribution < -0.4 is 5.32 Å². The molecule has 0 bridgehead atoms. The van der Waals surface area contributed by atoms with Gasteiger partial charge in [-0.15, -0.1) is 10.2 Å². The number of carbonyl (C=O) groups excluding carboxylic acids is 1. The second kappa shape index (κ2) is 8.35. The molecule has 0 spiro atoms.